The van der Waals surface area contributed by atoms with Crippen LogP contribution >= 0.6 is 15.9 Å². The summed E-state index contributed by atoms with van der Waals surface area (Å²) in [5.41, 5.74) is 1.46. The third-order valence-electron chi connectivity index (χ3n) is 1.85. The van der Waals surface area contributed by atoms with E-state index < -0.39 is 0 Å². The van der Waals surface area contributed by atoms with Gasteiger partial charge in [0.25, 0.3) is 0 Å². The lowest BCUT2D eigenvalue weighted by atomic mass is 10.3. The first-order valence-electron chi connectivity index (χ1n) is 4.43. The van der Waals surface area contributed by atoms with E-state index in [4.69, 9.17) is 5.11 Å². The molecule has 0 aromatic carbocycles. The zero-order valence-electron chi connectivity index (χ0n) is 7.84. The standard InChI is InChI=1S/C9H9BrN4O/c10-9-3-1-2-7(11-9)8-6-14(4-5-15)13-12-8/h1-3,6,15H,4-5H2. The number of rotatable bonds is 3. The van der Waals surface area contributed by atoms with Crippen LogP contribution in [0.5, 0.6) is 0 Å². The van der Waals surface area contributed by atoms with Crippen molar-refractivity contribution < 1.29 is 5.11 Å². The first-order valence-corrected chi connectivity index (χ1v) is 5.23. The highest BCUT2D eigenvalue weighted by Gasteiger charge is 2.04. The molecule has 0 atom stereocenters. The molecule has 0 saturated carbocycles. The van der Waals surface area contributed by atoms with Crippen molar-refractivity contribution in [3.8, 4) is 11.4 Å². The summed E-state index contributed by atoms with van der Waals surface area (Å²) in [6, 6.07) is 5.59. The Morgan fingerprint density at radius 3 is 2.93 bits per heavy atom. The molecular formula is C9H9BrN4O. The van der Waals surface area contributed by atoms with Crippen molar-refractivity contribution >= 4 is 15.9 Å². The fraction of sp³-hybridized carbons (Fsp3) is 0.222. The Morgan fingerprint density at radius 1 is 1.33 bits per heavy atom. The molecule has 0 spiro atoms. The van der Waals surface area contributed by atoms with Gasteiger partial charge in [-0.2, -0.15) is 0 Å². The first-order chi connectivity index (χ1) is 7.29. The Bertz CT molecular complexity index is 457. The van der Waals surface area contributed by atoms with Gasteiger partial charge in [0, 0.05) is 0 Å². The van der Waals surface area contributed by atoms with Crippen LogP contribution in [0.3, 0.4) is 0 Å². The van der Waals surface area contributed by atoms with E-state index in [1.165, 1.54) is 0 Å². The minimum absolute atomic E-state index is 0.0503. The van der Waals surface area contributed by atoms with Gasteiger partial charge in [0.15, 0.2) is 0 Å². The number of nitrogens with zero attached hydrogens (tertiary/aromatic N) is 4. The van der Waals surface area contributed by atoms with Gasteiger partial charge in [0.05, 0.1) is 25.0 Å². The maximum atomic E-state index is 8.73. The molecule has 0 radical (unpaired) electrons. The molecular weight excluding hydrogens is 260 g/mol. The topological polar surface area (TPSA) is 63.8 Å². The van der Waals surface area contributed by atoms with E-state index in [1.807, 2.05) is 18.2 Å². The smallest absolute Gasteiger partial charge is 0.131 e. The van der Waals surface area contributed by atoms with Gasteiger partial charge in [-0.25, -0.2) is 9.67 Å². The summed E-state index contributed by atoms with van der Waals surface area (Å²) in [6.45, 7) is 0.496. The summed E-state index contributed by atoms with van der Waals surface area (Å²) in [5.74, 6) is 0. The van der Waals surface area contributed by atoms with E-state index in [0.717, 1.165) is 10.3 Å². The van der Waals surface area contributed by atoms with E-state index >= 15 is 0 Å². The molecule has 5 nitrogen and oxygen atoms in total. The molecule has 6 heteroatoms. The van der Waals surface area contributed by atoms with Gasteiger partial charge >= 0.3 is 0 Å². The van der Waals surface area contributed by atoms with Crippen LogP contribution in [0.4, 0.5) is 0 Å². The van der Waals surface area contributed by atoms with Crippen LogP contribution in [-0.4, -0.2) is 31.7 Å². The summed E-state index contributed by atoms with van der Waals surface area (Å²) >= 11 is 3.29. The SMILES string of the molecule is OCCn1cc(-c2cccc(Br)n2)nn1. The van der Waals surface area contributed by atoms with Crippen molar-refractivity contribution in [1.82, 2.24) is 20.0 Å². The first kappa shape index (κ1) is 10.3. The lowest BCUT2D eigenvalue weighted by molar-refractivity contribution is 0.268. The predicted octanol–water partition coefficient (Wildman–Crippen LogP) is 1.09. The minimum atomic E-state index is 0.0503. The van der Waals surface area contributed by atoms with Crippen LogP contribution in [0.2, 0.25) is 0 Å². The lowest BCUT2D eigenvalue weighted by Crippen LogP contribution is -2.01. The van der Waals surface area contributed by atoms with Crippen LogP contribution in [0.25, 0.3) is 11.4 Å². The third-order valence-corrected chi connectivity index (χ3v) is 2.29. The Kier molecular flexibility index (Phi) is 3.08. The lowest BCUT2D eigenvalue weighted by Gasteiger charge is -1.95. The molecule has 1 N–H and O–H groups in total. The van der Waals surface area contributed by atoms with E-state index in [0.29, 0.717) is 12.2 Å². The number of hydrogen-bond acceptors (Lipinski definition) is 4. The molecule has 2 rings (SSSR count). The number of aliphatic hydroxyl groups is 1. The Hall–Kier alpha value is -1.27. The third kappa shape index (κ3) is 2.40. The molecule has 0 aliphatic carbocycles. The average molecular weight is 269 g/mol. The van der Waals surface area contributed by atoms with Crippen LogP contribution < -0.4 is 0 Å². The van der Waals surface area contributed by atoms with Gasteiger partial charge in [-0.15, -0.1) is 5.10 Å². The fourth-order valence-electron chi connectivity index (χ4n) is 1.18. The monoisotopic (exact) mass is 268 g/mol. The molecule has 78 valence electrons. The average Bonchev–Trinajstić information content (AvgIpc) is 2.67. The van der Waals surface area contributed by atoms with Gasteiger partial charge in [-0.3, -0.25) is 0 Å². The number of hydrogen-bond donors (Lipinski definition) is 1. The molecule has 2 aromatic rings. The maximum Gasteiger partial charge on any atom is 0.131 e. The van der Waals surface area contributed by atoms with Crippen molar-refractivity contribution in [2.75, 3.05) is 6.61 Å². The van der Waals surface area contributed by atoms with Crippen molar-refractivity contribution in [3.63, 3.8) is 0 Å². The molecule has 2 aromatic heterocycles. The van der Waals surface area contributed by atoms with Crippen molar-refractivity contribution in [1.29, 1.82) is 0 Å². The zero-order valence-corrected chi connectivity index (χ0v) is 9.42. The number of aromatic nitrogens is 4. The molecule has 2 heterocycles. The summed E-state index contributed by atoms with van der Waals surface area (Å²) in [5, 5.41) is 16.6. The number of halogens is 1. The van der Waals surface area contributed by atoms with Gasteiger partial charge in [0.1, 0.15) is 10.3 Å². The number of aliphatic hydroxyl groups excluding tert-OH is 1. The van der Waals surface area contributed by atoms with Crippen molar-refractivity contribution in [2.45, 2.75) is 6.54 Å². The largest absolute Gasteiger partial charge is 0.394 e. The summed E-state index contributed by atoms with van der Waals surface area (Å²) in [7, 11) is 0. The maximum absolute atomic E-state index is 8.73. The molecule has 0 bridgehead atoms. The molecule has 0 saturated heterocycles. The zero-order chi connectivity index (χ0) is 10.7. The van der Waals surface area contributed by atoms with Crippen LogP contribution in [-0.2, 0) is 6.54 Å². The highest BCUT2D eigenvalue weighted by atomic mass is 79.9. The molecule has 0 fully saturated rings. The Balaban J connectivity index is 2.29. The van der Waals surface area contributed by atoms with Crippen LogP contribution in [0.1, 0.15) is 0 Å². The minimum Gasteiger partial charge on any atom is -0.394 e. The van der Waals surface area contributed by atoms with Crippen molar-refractivity contribution in [3.05, 3.63) is 29.0 Å². The summed E-state index contributed by atoms with van der Waals surface area (Å²) in [4.78, 5) is 4.26. The highest BCUT2D eigenvalue weighted by molar-refractivity contribution is 9.10. The molecule has 15 heavy (non-hydrogen) atoms. The summed E-state index contributed by atoms with van der Waals surface area (Å²) in [6.07, 6.45) is 1.75. The van der Waals surface area contributed by atoms with Gasteiger partial charge in [0.2, 0.25) is 0 Å². The van der Waals surface area contributed by atoms with Crippen LogP contribution in [0.15, 0.2) is 29.0 Å². The van der Waals surface area contributed by atoms with E-state index in [1.54, 1.807) is 10.9 Å². The van der Waals surface area contributed by atoms with E-state index in [2.05, 4.69) is 31.2 Å². The molecule has 0 aliphatic rings. The quantitative estimate of drug-likeness (QED) is 0.847. The van der Waals surface area contributed by atoms with Gasteiger partial charge in [-0.1, -0.05) is 11.3 Å². The normalized spacial score (nSPS) is 10.5. The Labute approximate surface area is 94.9 Å². The van der Waals surface area contributed by atoms with E-state index in [9.17, 15) is 0 Å². The van der Waals surface area contributed by atoms with Gasteiger partial charge < -0.3 is 5.11 Å². The molecule has 0 unspecified atom stereocenters. The second-order valence-electron chi connectivity index (χ2n) is 2.94. The fourth-order valence-corrected chi connectivity index (χ4v) is 1.52. The molecule has 0 aliphatic heterocycles. The Morgan fingerprint density at radius 2 is 2.20 bits per heavy atom. The van der Waals surface area contributed by atoms with Crippen LogP contribution in [0, 0.1) is 0 Å². The second-order valence-corrected chi connectivity index (χ2v) is 3.75. The molecule has 0 amide bonds. The van der Waals surface area contributed by atoms with E-state index in [-0.39, 0.29) is 6.61 Å². The van der Waals surface area contributed by atoms with Crippen molar-refractivity contribution in [2.24, 2.45) is 0 Å². The summed E-state index contributed by atoms with van der Waals surface area (Å²) < 4.78 is 2.34. The number of pyridine rings is 1. The predicted molar refractivity (Wildman–Crippen MR) is 58.0 cm³/mol. The van der Waals surface area contributed by atoms with Gasteiger partial charge in [-0.05, 0) is 28.1 Å². The highest BCUT2D eigenvalue weighted by Crippen LogP contribution is 2.15. The second kappa shape index (κ2) is 4.50.